The molecule has 0 saturated heterocycles. The second-order valence-electron chi connectivity index (χ2n) is 6.89. The molecule has 2 heterocycles. The number of pyridine rings is 2. The molecular formula is C23H17F2N3O3. The van der Waals surface area contributed by atoms with Crippen molar-refractivity contribution in [3.05, 3.63) is 100.0 Å². The minimum Gasteiger partial charge on any atom is -0.423 e. The lowest BCUT2D eigenvalue weighted by Crippen LogP contribution is -2.27. The maximum absolute atomic E-state index is 13.9. The Balaban J connectivity index is 1.78. The van der Waals surface area contributed by atoms with E-state index in [1.807, 2.05) is 6.07 Å². The molecule has 0 atom stereocenters. The summed E-state index contributed by atoms with van der Waals surface area (Å²) >= 11 is 0. The SMILES string of the molecule is O=C(CCc1ccc(F)cc1F)c1c(Nc2ccccc2)c2cccnc2n(O)c1=O. The van der Waals surface area contributed by atoms with Gasteiger partial charge in [-0.05, 0) is 42.3 Å². The molecule has 2 aromatic carbocycles. The number of aromatic nitrogens is 2. The van der Waals surface area contributed by atoms with Crippen molar-refractivity contribution < 1.29 is 18.8 Å². The zero-order valence-electron chi connectivity index (χ0n) is 16.2. The van der Waals surface area contributed by atoms with Crippen LogP contribution in [-0.2, 0) is 6.42 Å². The maximum Gasteiger partial charge on any atom is 0.297 e. The van der Waals surface area contributed by atoms with E-state index in [1.54, 1.807) is 36.4 Å². The minimum absolute atomic E-state index is 0.00735. The second-order valence-corrected chi connectivity index (χ2v) is 6.89. The number of carbonyl (C=O) groups excluding carboxylic acids is 1. The molecule has 31 heavy (non-hydrogen) atoms. The van der Waals surface area contributed by atoms with Gasteiger partial charge in [0.2, 0.25) is 0 Å². The van der Waals surface area contributed by atoms with Crippen molar-refractivity contribution in [2.24, 2.45) is 0 Å². The van der Waals surface area contributed by atoms with Gasteiger partial charge in [-0.1, -0.05) is 24.3 Å². The molecule has 8 heteroatoms. The van der Waals surface area contributed by atoms with Crippen LogP contribution >= 0.6 is 0 Å². The molecule has 0 fully saturated rings. The second kappa shape index (κ2) is 8.35. The molecule has 2 aromatic heterocycles. The Morgan fingerprint density at radius 2 is 1.84 bits per heavy atom. The number of halogens is 2. The number of nitrogens with one attached hydrogen (secondary N) is 1. The molecule has 2 N–H and O–H groups in total. The number of benzene rings is 2. The number of anilines is 2. The van der Waals surface area contributed by atoms with E-state index in [1.165, 1.54) is 12.3 Å². The Kier molecular flexibility index (Phi) is 5.44. The number of hydrogen-bond acceptors (Lipinski definition) is 5. The summed E-state index contributed by atoms with van der Waals surface area (Å²) in [6.45, 7) is 0. The largest absolute Gasteiger partial charge is 0.423 e. The average molecular weight is 421 g/mol. The van der Waals surface area contributed by atoms with E-state index in [9.17, 15) is 23.6 Å². The number of fused-ring (bicyclic) bond motifs is 1. The van der Waals surface area contributed by atoms with Crippen LogP contribution in [0.4, 0.5) is 20.2 Å². The van der Waals surface area contributed by atoms with Crippen LogP contribution in [0.5, 0.6) is 0 Å². The highest BCUT2D eigenvalue weighted by atomic mass is 19.1. The maximum atomic E-state index is 13.9. The number of ketones is 1. The van der Waals surface area contributed by atoms with Gasteiger partial charge in [0.15, 0.2) is 11.4 Å². The summed E-state index contributed by atoms with van der Waals surface area (Å²) in [5.41, 5.74) is -0.231. The Hall–Kier alpha value is -4.07. The highest BCUT2D eigenvalue weighted by Crippen LogP contribution is 2.28. The fourth-order valence-corrected chi connectivity index (χ4v) is 3.36. The van der Waals surface area contributed by atoms with Gasteiger partial charge in [0.25, 0.3) is 5.56 Å². The van der Waals surface area contributed by atoms with Crippen molar-refractivity contribution in [2.45, 2.75) is 12.8 Å². The van der Waals surface area contributed by atoms with Gasteiger partial charge in [-0.2, -0.15) is 0 Å². The first-order chi connectivity index (χ1) is 15.0. The van der Waals surface area contributed by atoms with E-state index in [-0.39, 0.29) is 35.3 Å². The van der Waals surface area contributed by atoms with Gasteiger partial charge in [0, 0.05) is 29.8 Å². The summed E-state index contributed by atoms with van der Waals surface area (Å²) in [4.78, 5) is 29.9. The van der Waals surface area contributed by atoms with Crippen molar-refractivity contribution in [3.63, 3.8) is 0 Å². The summed E-state index contributed by atoms with van der Waals surface area (Å²) in [7, 11) is 0. The number of nitrogens with zero attached hydrogens (tertiary/aromatic N) is 2. The van der Waals surface area contributed by atoms with Gasteiger partial charge in [-0.15, -0.1) is 4.73 Å². The third kappa shape index (κ3) is 4.00. The number of carbonyl (C=O) groups is 1. The third-order valence-corrected chi connectivity index (χ3v) is 4.87. The Morgan fingerprint density at radius 3 is 2.58 bits per heavy atom. The molecule has 6 nitrogen and oxygen atoms in total. The molecule has 0 amide bonds. The van der Waals surface area contributed by atoms with Crippen LogP contribution < -0.4 is 10.9 Å². The van der Waals surface area contributed by atoms with Crippen molar-refractivity contribution in [1.29, 1.82) is 0 Å². The zero-order chi connectivity index (χ0) is 22.0. The summed E-state index contributed by atoms with van der Waals surface area (Å²) < 4.78 is 27.4. The molecule has 0 spiro atoms. The molecule has 0 unspecified atom stereocenters. The lowest BCUT2D eigenvalue weighted by molar-refractivity contribution is 0.0976. The smallest absolute Gasteiger partial charge is 0.297 e. The van der Waals surface area contributed by atoms with E-state index in [2.05, 4.69) is 10.3 Å². The van der Waals surface area contributed by atoms with E-state index in [0.29, 0.717) is 15.8 Å². The van der Waals surface area contributed by atoms with Gasteiger partial charge in [0.05, 0.1) is 5.69 Å². The third-order valence-electron chi connectivity index (χ3n) is 4.87. The van der Waals surface area contributed by atoms with E-state index in [4.69, 9.17) is 0 Å². The van der Waals surface area contributed by atoms with Gasteiger partial charge in [-0.3, -0.25) is 9.59 Å². The summed E-state index contributed by atoms with van der Waals surface area (Å²) in [6.07, 6.45) is 1.16. The number of Topliss-reactive ketones (excluding diaryl/α,β-unsaturated/α-hetero) is 1. The normalized spacial score (nSPS) is 10.9. The number of aryl methyl sites for hydroxylation is 1. The number of para-hydroxylation sites is 1. The zero-order valence-corrected chi connectivity index (χ0v) is 16.2. The van der Waals surface area contributed by atoms with Crippen LogP contribution in [0, 0.1) is 11.6 Å². The first kappa shape index (κ1) is 20.2. The van der Waals surface area contributed by atoms with Crippen LogP contribution in [-0.4, -0.2) is 20.7 Å². The highest BCUT2D eigenvalue weighted by Gasteiger charge is 2.23. The Bertz CT molecular complexity index is 1340. The van der Waals surface area contributed by atoms with Gasteiger partial charge in [-0.25, -0.2) is 13.8 Å². The molecule has 0 saturated carbocycles. The molecule has 4 aromatic rings. The lowest BCUT2D eigenvalue weighted by atomic mass is 10.0. The predicted molar refractivity (Wildman–Crippen MR) is 112 cm³/mol. The van der Waals surface area contributed by atoms with Crippen LogP contribution in [0.15, 0.2) is 71.7 Å². The summed E-state index contributed by atoms with van der Waals surface area (Å²) in [5, 5.41) is 13.7. The highest BCUT2D eigenvalue weighted by molar-refractivity contribution is 6.08. The minimum atomic E-state index is -0.936. The Morgan fingerprint density at radius 1 is 1.06 bits per heavy atom. The van der Waals surface area contributed by atoms with Crippen LogP contribution in [0.25, 0.3) is 11.0 Å². The van der Waals surface area contributed by atoms with Crippen molar-refractivity contribution in [1.82, 2.24) is 9.71 Å². The Labute approximate surface area is 175 Å². The number of hydrogen-bond donors (Lipinski definition) is 2. The van der Waals surface area contributed by atoms with Crippen molar-refractivity contribution in [2.75, 3.05) is 5.32 Å². The van der Waals surface area contributed by atoms with E-state index >= 15 is 0 Å². The summed E-state index contributed by atoms with van der Waals surface area (Å²) in [5.74, 6) is -2.08. The van der Waals surface area contributed by atoms with Crippen molar-refractivity contribution >= 4 is 28.2 Å². The standard InChI is InChI=1S/C23H17F2N3O3/c24-15-10-8-14(18(25)13-15)9-11-19(29)20-21(27-16-5-2-1-3-6-16)17-7-4-12-26-22(17)28(31)23(20)30/h1-8,10,12-13,27,31H,9,11H2. The van der Waals surface area contributed by atoms with E-state index in [0.717, 1.165) is 12.1 Å². The fraction of sp³-hybridized carbons (Fsp3) is 0.0870. The molecule has 156 valence electrons. The molecule has 0 aliphatic rings. The molecule has 0 radical (unpaired) electrons. The summed E-state index contributed by atoms with van der Waals surface area (Å²) in [6, 6.07) is 15.3. The van der Waals surface area contributed by atoms with Gasteiger partial charge in [0.1, 0.15) is 17.2 Å². The molecule has 0 bridgehead atoms. The molecule has 4 rings (SSSR count). The van der Waals surface area contributed by atoms with E-state index < -0.39 is 23.0 Å². The average Bonchev–Trinajstić information content (AvgIpc) is 2.77. The molecule has 0 aliphatic heterocycles. The van der Waals surface area contributed by atoms with Crippen LogP contribution in [0.2, 0.25) is 0 Å². The fourth-order valence-electron chi connectivity index (χ4n) is 3.36. The first-order valence-electron chi connectivity index (χ1n) is 9.48. The number of rotatable bonds is 6. The van der Waals surface area contributed by atoms with Crippen LogP contribution in [0.3, 0.4) is 0 Å². The van der Waals surface area contributed by atoms with Crippen LogP contribution in [0.1, 0.15) is 22.3 Å². The topological polar surface area (TPSA) is 84.2 Å². The first-order valence-corrected chi connectivity index (χ1v) is 9.48. The monoisotopic (exact) mass is 421 g/mol. The van der Waals surface area contributed by atoms with Gasteiger partial charge < -0.3 is 10.5 Å². The molecule has 0 aliphatic carbocycles. The predicted octanol–water partition coefficient (Wildman–Crippen LogP) is 4.47. The van der Waals surface area contributed by atoms with Gasteiger partial charge >= 0.3 is 0 Å². The van der Waals surface area contributed by atoms with Crippen molar-refractivity contribution in [3.8, 4) is 0 Å². The molecular weight excluding hydrogens is 404 g/mol. The lowest BCUT2D eigenvalue weighted by Gasteiger charge is -2.15. The quantitative estimate of drug-likeness (QED) is 0.355.